The third-order valence-corrected chi connectivity index (χ3v) is 19.4. The zero-order valence-electron chi connectivity index (χ0n) is 39.8. The van der Waals surface area contributed by atoms with Gasteiger partial charge in [-0.25, -0.2) is 0 Å². The fraction of sp³-hybridized carbons (Fsp3) is 0.958. The van der Waals surface area contributed by atoms with Gasteiger partial charge in [0.25, 0.3) is 0 Å². The van der Waals surface area contributed by atoms with Crippen molar-refractivity contribution in [2.45, 2.75) is 217 Å². The van der Waals surface area contributed by atoms with E-state index in [0.717, 1.165) is 32.1 Å². The van der Waals surface area contributed by atoms with Crippen LogP contribution in [0.25, 0.3) is 0 Å². The number of hydrogen-bond donors (Lipinski definition) is 12. The van der Waals surface area contributed by atoms with Crippen molar-refractivity contribution in [3.63, 3.8) is 0 Å². The fourth-order valence-electron chi connectivity index (χ4n) is 15.2. The van der Waals surface area contributed by atoms with Crippen LogP contribution < -0.4 is 0 Å². The molecule has 4 saturated carbocycles. The van der Waals surface area contributed by atoms with E-state index in [9.17, 15) is 61.3 Å². The Hall–Kier alpha value is -0.980. The summed E-state index contributed by atoms with van der Waals surface area (Å²) in [6.07, 6.45) is -17.7. The van der Waals surface area contributed by atoms with Gasteiger partial charge in [-0.15, -0.1) is 0 Å². The second-order valence-corrected chi connectivity index (χ2v) is 23.8. The van der Waals surface area contributed by atoms with Crippen LogP contribution in [0, 0.1) is 50.2 Å². The molecule has 12 N–H and O–H groups in total. The van der Waals surface area contributed by atoms with Crippen molar-refractivity contribution in [2.75, 3.05) is 19.8 Å². The third kappa shape index (κ3) is 7.91. The van der Waals surface area contributed by atoms with Gasteiger partial charge < -0.3 is 89.7 Å². The molecule has 18 nitrogen and oxygen atoms in total. The number of ether oxygens (including phenoxy) is 6. The van der Waals surface area contributed by atoms with E-state index in [2.05, 4.69) is 54.5 Å². The van der Waals surface area contributed by atoms with Gasteiger partial charge in [-0.2, -0.15) is 0 Å². The molecule has 0 aromatic carbocycles. The predicted octanol–water partition coefficient (Wildman–Crippen LogP) is -0.417. The maximum absolute atomic E-state index is 12.5. The zero-order chi connectivity index (χ0) is 48.4. The first-order valence-electron chi connectivity index (χ1n) is 24.4. The first-order valence-corrected chi connectivity index (χ1v) is 24.4. The molecular formula is C48H80O18. The van der Waals surface area contributed by atoms with Crippen LogP contribution in [0.5, 0.6) is 0 Å². The highest BCUT2D eigenvalue weighted by Gasteiger charge is 2.72. The van der Waals surface area contributed by atoms with Gasteiger partial charge in [0.05, 0.1) is 44.2 Å². The maximum atomic E-state index is 12.5. The lowest BCUT2D eigenvalue weighted by atomic mass is 9.33. The number of aliphatic hydroxyl groups is 12. The lowest BCUT2D eigenvalue weighted by Gasteiger charge is -2.72. The lowest BCUT2D eigenvalue weighted by Crippen LogP contribution is -2.69. The Balaban J connectivity index is 1.04. The second-order valence-electron chi connectivity index (χ2n) is 23.8. The van der Waals surface area contributed by atoms with Crippen molar-refractivity contribution < 1.29 is 89.7 Å². The van der Waals surface area contributed by atoms with Crippen LogP contribution in [-0.4, -0.2) is 192 Å². The number of aliphatic hydroxyl groups excluding tert-OH is 12. The summed E-state index contributed by atoms with van der Waals surface area (Å²) in [5.41, 5.74) is -1.25. The van der Waals surface area contributed by atoms with Gasteiger partial charge in [0, 0.05) is 11.3 Å². The van der Waals surface area contributed by atoms with Crippen LogP contribution in [-0.2, 0) is 28.4 Å². The van der Waals surface area contributed by atoms with E-state index in [1.54, 1.807) is 0 Å². The number of fused-ring (bicyclic) bond motifs is 7. The molecule has 66 heavy (non-hydrogen) atoms. The molecule has 7 fully saturated rings. The van der Waals surface area contributed by atoms with E-state index in [0.29, 0.717) is 19.3 Å². The third-order valence-electron chi connectivity index (χ3n) is 19.4. The number of hydrogen-bond acceptors (Lipinski definition) is 18. The average Bonchev–Trinajstić information content (AvgIpc) is 3.25. The van der Waals surface area contributed by atoms with Crippen LogP contribution in [0.4, 0.5) is 0 Å². The average molecular weight is 945 g/mol. The Morgan fingerprint density at radius 3 is 1.92 bits per heavy atom. The maximum Gasteiger partial charge on any atom is 0.187 e. The predicted molar refractivity (Wildman–Crippen MR) is 231 cm³/mol. The molecule has 0 unspecified atom stereocenters. The van der Waals surface area contributed by atoms with E-state index in [-0.39, 0.29) is 29.8 Å². The zero-order valence-corrected chi connectivity index (χ0v) is 39.8. The van der Waals surface area contributed by atoms with Crippen LogP contribution in [0.1, 0.15) is 107 Å². The highest BCUT2D eigenvalue weighted by atomic mass is 16.8. The summed E-state index contributed by atoms with van der Waals surface area (Å²) in [4.78, 5) is 0. The van der Waals surface area contributed by atoms with Gasteiger partial charge in [0.2, 0.25) is 0 Å². The lowest BCUT2D eigenvalue weighted by molar-refractivity contribution is -0.374. The van der Waals surface area contributed by atoms with Gasteiger partial charge >= 0.3 is 0 Å². The molecule has 5 aliphatic carbocycles. The van der Waals surface area contributed by atoms with Crippen molar-refractivity contribution in [1.82, 2.24) is 0 Å². The molecule has 25 atom stereocenters. The van der Waals surface area contributed by atoms with E-state index in [1.807, 2.05) is 0 Å². The summed E-state index contributed by atoms with van der Waals surface area (Å²) in [5, 5.41) is 132. The molecular weight excluding hydrogens is 865 g/mol. The SMILES string of the molecule is C[C@@H]1O[C@@H](O[C@H]2[C@H](O)[C@@H](O)[C@H](O[C@H]3CC[C@]4(C)[C@H]5[C@H](O)C=C6[C@@H]7CC(C)(C)CC[C@]7(CO)[C@@H](O)C[C@@]6(C)[C@]5(C)CC[C@H]4C3(C)C)O[C@@H]2CO[C@@H]2O[C@H](CO)[C@@H](O)[C@H](O)[C@H]2O)[C@H](O)[C@H](O)[C@H]1O. The number of rotatable bonds is 9. The first-order chi connectivity index (χ1) is 30.7. The monoisotopic (exact) mass is 945 g/mol. The van der Waals surface area contributed by atoms with Crippen molar-refractivity contribution in [1.29, 1.82) is 0 Å². The molecule has 380 valence electrons. The summed E-state index contributed by atoms with van der Waals surface area (Å²) in [5.74, 6) is -0.229. The second kappa shape index (κ2) is 17.9. The molecule has 18 heteroatoms. The van der Waals surface area contributed by atoms with Crippen molar-refractivity contribution in [2.24, 2.45) is 50.2 Å². The van der Waals surface area contributed by atoms with Gasteiger partial charge in [0.15, 0.2) is 18.9 Å². The van der Waals surface area contributed by atoms with Crippen molar-refractivity contribution in [3.05, 3.63) is 11.6 Å². The molecule has 0 radical (unpaired) electrons. The van der Waals surface area contributed by atoms with Crippen molar-refractivity contribution >= 4 is 0 Å². The molecule has 0 aromatic rings. The molecule has 0 bridgehead atoms. The summed E-state index contributed by atoms with van der Waals surface area (Å²) in [7, 11) is 0. The molecule has 0 amide bonds. The standard InChI is InChI=1S/C48H80O18/c1-21-30(53)32(55)36(59)41(62-21)66-38-26(19-61-40-35(58)33(56)31(54)25(18-49)63-40)64-42(37(60)34(38)57)65-29-10-11-45(6)27(44(29,4)5)9-12-46(7)39(45)24(51)15-22-23-16-43(2,3)13-14-48(23,20-50)28(52)17-47(22,46)8/h15,21,23-42,49-60H,9-14,16-20H2,1-8H3/t21-,23-,24+,25+,26+,27-,28-,29-,30-,31+,32+,33-,34+,35+,36+,37+,38+,39+,40+,41-,42-,45-,46+,47+,48+/m0/s1. The highest BCUT2D eigenvalue weighted by molar-refractivity contribution is 5.37. The van der Waals surface area contributed by atoms with Crippen LogP contribution in [0.15, 0.2) is 11.6 Å². The van der Waals surface area contributed by atoms with E-state index >= 15 is 0 Å². The van der Waals surface area contributed by atoms with Crippen LogP contribution in [0.2, 0.25) is 0 Å². The molecule has 8 aliphatic rings. The Bertz CT molecular complexity index is 1760. The van der Waals surface area contributed by atoms with Crippen LogP contribution in [0.3, 0.4) is 0 Å². The Kier molecular flexibility index (Phi) is 14.0. The van der Waals surface area contributed by atoms with E-state index in [1.165, 1.54) is 12.5 Å². The minimum Gasteiger partial charge on any atom is -0.396 e. The largest absolute Gasteiger partial charge is 0.396 e. The van der Waals surface area contributed by atoms with Gasteiger partial charge in [-0.1, -0.05) is 60.1 Å². The van der Waals surface area contributed by atoms with Gasteiger partial charge in [-0.3, -0.25) is 0 Å². The number of allylic oxidation sites excluding steroid dienone is 1. The molecule has 0 aromatic heterocycles. The summed E-state index contributed by atoms with van der Waals surface area (Å²) in [6, 6.07) is 0. The molecule has 8 rings (SSSR count). The van der Waals surface area contributed by atoms with Crippen LogP contribution >= 0.6 is 0 Å². The molecule has 3 heterocycles. The van der Waals surface area contributed by atoms with E-state index < -0.39 is 151 Å². The molecule has 3 saturated heterocycles. The topological polar surface area (TPSA) is 298 Å². The normalized spacial score (nSPS) is 55.7. The molecule has 0 spiro atoms. The summed E-state index contributed by atoms with van der Waals surface area (Å²) < 4.78 is 36.2. The smallest absolute Gasteiger partial charge is 0.187 e. The van der Waals surface area contributed by atoms with Crippen molar-refractivity contribution in [3.8, 4) is 0 Å². The first kappa shape index (κ1) is 51.4. The highest BCUT2D eigenvalue weighted by Crippen LogP contribution is 2.76. The quantitative estimate of drug-likeness (QED) is 0.103. The molecule has 3 aliphatic heterocycles. The van der Waals surface area contributed by atoms with Gasteiger partial charge in [0.1, 0.15) is 67.1 Å². The Morgan fingerprint density at radius 2 is 1.26 bits per heavy atom. The summed E-state index contributed by atoms with van der Waals surface area (Å²) >= 11 is 0. The minimum atomic E-state index is -1.78. The Labute approximate surface area is 387 Å². The Morgan fingerprint density at radius 1 is 0.636 bits per heavy atom. The summed E-state index contributed by atoms with van der Waals surface area (Å²) in [6.45, 7) is 15.7. The van der Waals surface area contributed by atoms with Gasteiger partial charge in [-0.05, 0) is 97.2 Å². The van der Waals surface area contributed by atoms with E-state index in [4.69, 9.17) is 28.4 Å². The minimum absolute atomic E-state index is 0.00875. The fourth-order valence-corrected chi connectivity index (χ4v) is 15.2.